The van der Waals surface area contributed by atoms with Crippen LogP contribution in [-0.4, -0.2) is 47.1 Å². The van der Waals surface area contributed by atoms with E-state index < -0.39 is 5.95 Å². The number of fused-ring (bicyclic) bond motifs is 2. The molecule has 2 amide bonds. The van der Waals surface area contributed by atoms with Crippen LogP contribution in [0.3, 0.4) is 0 Å². The Morgan fingerprint density at radius 3 is 2.62 bits per heavy atom. The van der Waals surface area contributed by atoms with E-state index in [1.54, 1.807) is 12.3 Å². The van der Waals surface area contributed by atoms with Crippen molar-refractivity contribution in [3.05, 3.63) is 118 Å². The molecule has 1 fully saturated rings. The summed E-state index contributed by atoms with van der Waals surface area (Å²) in [5.41, 5.74) is 5.78. The fourth-order valence-electron chi connectivity index (χ4n) is 5.93. The zero-order valence-electron chi connectivity index (χ0n) is 22.9. The molecule has 2 aliphatic heterocycles. The number of likely N-dealkylation sites (tertiary alicyclic amines) is 1. The van der Waals surface area contributed by atoms with Gasteiger partial charge in [0.25, 0.3) is 0 Å². The number of anilines is 1. The maximum absolute atomic E-state index is 13.6. The highest BCUT2D eigenvalue weighted by molar-refractivity contribution is 6.42. The molecule has 2 aliphatic rings. The molecule has 0 bridgehead atoms. The molecule has 1 spiro atoms. The number of hydrogen-bond acceptors (Lipinski definition) is 4. The molecule has 4 aromatic rings. The normalized spacial score (nSPS) is 16.2. The lowest BCUT2D eigenvalue weighted by Gasteiger charge is -2.39. The number of urea groups is 1. The zero-order chi connectivity index (χ0) is 29.1. The van der Waals surface area contributed by atoms with E-state index in [0.717, 1.165) is 54.9 Å². The molecule has 4 heterocycles. The smallest absolute Gasteiger partial charge is 0.322 e. The second-order valence-electron chi connectivity index (χ2n) is 10.9. The van der Waals surface area contributed by atoms with Gasteiger partial charge in [-0.1, -0.05) is 53.6 Å². The average molecular weight is 603 g/mol. The van der Waals surface area contributed by atoms with E-state index in [4.69, 9.17) is 23.2 Å². The van der Waals surface area contributed by atoms with Crippen molar-refractivity contribution in [1.82, 2.24) is 20.2 Å². The van der Waals surface area contributed by atoms with Crippen molar-refractivity contribution < 1.29 is 9.18 Å². The monoisotopic (exact) mass is 601 g/mol. The Hall–Kier alpha value is -3.78. The lowest BCUT2D eigenvalue weighted by Crippen LogP contribution is -2.47. The molecule has 2 aromatic carbocycles. The number of hydrogen-bond donors (Lipinski definition) is 1. The molecule has 0 unspecified atom stereocenters. The quantitative estimate of drug-likeness (QED) is 0.234. The number of benzene rings is 2. The number of pyridine rings is 2. The zero-order valence-corrected chi connectivity index (χ0v) is 24.5. The van der Waals surface area contributed by atoms with Gasteiger partial charge in [0.2, 0.25) is 5.95 Å². The number of nitrogens with zero attached hydrogens (tertiary/aromatic N) is 4. The summed E-state index contributed by atoms with van der Waals surface area (Å²) in [6, 6.07) is 18.8. The molecular formula is C33H30Cl2FN5O. The van der Waals surface area contributed by atoms with Crippen LogP contribution in [0.2, 0.25) is 10.0 Å². The van der Waals surface area contributed by atoms with Gasteiger partial charge >= 0.3 is 6.03 Å². The van der Waals surface area contributed by atoms with Crippen LogP contribution in [0.25, 0.3) is 17.2 Å². The first kappa shape index (κ1) is 28.3. The minimum atomic E-state index is -0.561. The predicted molar refractivity (Wildman–Crippen MR) is 166 cm³/mol. The molecule has 0 atom stereocenters. The predicted octanol–water partition coefficient (Wildman–Crippen LogP) is 7.37. The van der Waals surface area contributed by atoms with Gasteiger partial charge in [-0.3, -0.25) is 14.8 Å². The Bertz CT molecular complexity index is 1620. The molecule has 0 aliphatic carbocycles. The van der Waals surface area contributed by atoms with Gasteiger partial charge < -0.3 is 5.32 Å². The van der Waals surface area contributed by atoms with Gasteiger partial charge in [-0.25, -0.2) is 9.78 Å². The standard InChI is InChI=1S/C33H30Cl2FN5O/c34-28-7-5-23(17-29(28)35)3-2-14-40-15-10-33(11-16-40)22-41(32(42)39-20-24-9-13-38-31(36)18-24)30-8-6-25(19-27(30)33)26-4-1-12-37-21-26/h1-9,12-13,17-19,21H,10-11,14-16,20,22H2,(H,39,42)/b3-2+. The molecule has 6 nitrogen and oxygen atoms in total. The third-order valence-electron chi connectivity index (χ3n) is 8.22. The Morgan fingerprint density at radius 1 is 1.00 bits per heavy atom. The van der Waals surface area contributed by atoms with Crippen LogP contribution in [0.5, 0.6) is 0 Å². The van der Waals surface area contributed by atoms with Gasteiger partial charge in [0.1, 0.15) is 0 Å². The van der Waals surface area contributed by atoms with Crippen molar-refractivity contribution in [2.45, 2.75) is 24.8 Å². The molecule has 214 valence electrons. The number of halogens is 3. The van der Waals surface area contributed by atoms with Crippen LogP contribution in [0.1, 0.15) is 29.5 Å². The van der Waals surface area contributed by atoms with E-state index in [9.17, 15) is 9.18 Å². The number of rotatable bonds is 6. The molecule has 2 aromatic heterocycles. The fourth-order valence-corrected chi connectivity index (χ4v) is 6.24. The lowest BCUT2D eigenvalue weighted by atomic mass is 9.73. The number of aromatic nitrogens is 2. The van der Waals surface area contributed by atoms with Crippen LogP contribution >= 0.6 is 23.2 Å². The van der Waals surface area contributed by atoms with Crippen LogP contribution in [0.15, 0.2) is 85.3 Å². The summed E-state index contributed by atoms with van der Waals surface area (Å²) >= 11 is 12.2. The third-order valence-corrected chi connectivity index (χ3v) is 8.96. The highest BCUT2D eigenvalue weighted by Gasteiger charge is 2.46. The van der Waals surface area contributed by atoms with Gasteiger partial charge in [-0.05, 0) is 96.2 Å². The Balaban J connectivity index is 1.20. The summed E-state index contributed by atoms with van der Waals surface area (Å²) in [5, 5.41) is 4.08. The van der Waals surface area contributed by atoms with Gasteiger partial charge in [0.05, 0.1) is 10.0 Å². The number of amides is 2. The van der Waals surface area contributed by atoms with Crippen LogP contribution in [0, 0.1) is 5.95 Å². The van der Waals surface area contributed by atoms with E-state index in [-0.39, 0.29) is 18.0 Å². The summed E-state index contributed by atoms with van der Waals surface area (Å²) < 4.78 is 13.6. The summed E-state index contributed by atoms with van der Waals surface area (Å²) in [6.07, 6.45) is 11.1. The summed E-state index contributed by atoms with van der Waals surface area (Å²) in [4.78, 5) is 25.7. The molecule has 6 rings (SSSR count). The first-order valence-electron chi connectivity index (χ1n) is 13.9. The molecule has 1 saturated heterocycles. The molecule has 0 radical (unpaired) electrons. The summed E-state index contributed by atoms with van der Waals surface area (Å²) in [7, 11) is 0. The molecule has 1 N–H and O–H groups in total. The Kier molecular flexibility index (Phi) is 8.24. The average Bonchev–Trinajstić information content (AvgIpc) is 3.32. The van der Waals surface area contributed by atoms with Gasteiger partial charge in [-0.15, -0.1) is 0 Å². The first-order chi connectivity index (χ1) is 20.4. The topological polar surface area (TPSA) is 61.4 Å². The van der Waals surface area contributed by atoms with Crippen molar-refractivity contribution in [1.29, 1.82) is 0 Å². The highest BCUT2D eigenvalue weighted by atomic mass is 35.5. The maximum Gasteiger partial charge on any atom is 0.322 e. The molecule has 42 heavy (non-hydrogen) atoms. The Labute approximate surface area is 254 Å². The number of carbonyl (C=O) groups excluding carboxylic acids is 1. The lowest BCUT2D eigenvalue weighted by molar-refractivity contribution is 0.180. The maximum atomic E-state index is 13.6. The summed E-state index contributed by atoms with van der Waals surface area (Å²) in [6.45, 7) is 3.47. The van der Waals surface area contributed by atoms with Crippen molar-refractivity contribution in [3.8, 4) is 11.1 Å². The fraction of sp³-hybridized carbons (Fsp3) is 0.242. The van der Waals surface area contributed by atoms with Crippen molar-refractivity contribution >= 4 is 41.0 Å². The first-order valence-corrected chi connectivity index (χ1v) is 14.7. The van der Waals surface area contributed by atoms with Crippen molar-refractivity contribution in [2.24, 2.45) is 0 Å². The second-order valence-corrected chi connectivity index (χ2v) is 11.7. The highest BCUT2D eigenvalue weighted by Crippen LogP contribution is 2.48. The van der Waals surface area contributed by atoms with Crippen LogP contribution in [0.4, 0.5) is 14.9 Å². The van der Waals surface area contributed by atoms with Crippen LogP contribution in [-0.2, 0) is 12.0 Å². The molecular weight excluding hydrogens is 572 g/mol. The van der Waals surface area contributed by atoms with Gasteiger partial charge in [-0.2, -0.15) is 4.39 Å². The second kappa shape index (κ2) is 12.2. The van der Waals surface area contributed by atoms with Gasteiger partial charge in [0.15, 0.2) is 0 Å². The van der Waals surface area contributed by atoms with E-state index in [2.05, 4.69) is 50.5 Å². The van der Waals surface area contributed by atoms with E-state index in [1.807, 2.05) is 41.4 Å². The largest absolute Gasteiger partial charge is 0.334 e. The molecule has 9 heteroatoms. The SMILES string of the molecule is O=C(NCc1ccnc(F)c1)N1CC2(CCN(C/C=C/c3ccc(Cl)c(Cl)c3)CC2)c2cc(-c3cccnc3)ccc21. The van der Waals surface area contributed by atoms with Gasteiger partial charge in [0, 0.05) is 49.3 Å². The minimum absolute atomic E-state index is 0.155. The van der Waals surface area contributed by atoms with Crippen molar-refractivity contribution in [3.63, 3.8) is 0 Å². The van der Waals surface area contributed by atoms with E-state index in [1.165, 1.54) is 17.8 Å². The number of piperidine rings is 1. The number of nitrogens with one attached hydrogen (secondary N) is 1. The minimum Gasteiger partial charge on any atom is -0.334 e. The van der Waals surface area contributed by atoms with Crippen molar-refractivity contribution in [2.75, 3.05) is 31.1 Å². The van der Waals surface area contributed by atoms with Crippen LogP contribution < -0.4 is 10.2 Å². The molecule has 0 saturated carbocycles. The number of carbonyl (C=O) groups is 1. The summed E-state index contributed by atoms with van der Waals surface area (Å²) in [5.74, 6) is -0.561. The third kappa shape index (κ3) is 6.04. The van der Waals surface area contributed by atoms with E-state index >= 15 is 0 Å². The Morgan fingerprint density at radius 2 is 1.86 bits per heavy atom. The van der Waals surface area contributed by atoms with E-state index in [0.29, 0.717) is 22.2 Å².